The molecule has 0 radical (unpaired) electrons. The second-order valence-corrected chi connectivity index (χ2v) is 2.11. The van der Waals surface area contributed by atoms with E-state index in [2.05, 4.69) is 0 Å². The van der Waals surface area contributed by atoms with Gasteiger partial charge in [0, 0.05) is 28.2 Å². The summed E-state index contributed by atoms with van der Waals surface area (Å²) in [5.74, 6) is 0.519. The minimum Gasteiger partial charge on any atom is -0.349 e. The highest BCUT2D eigenvalue weighted by Crippen LogP contribution is 1.80. The first-order valence-electron chi connectivity index (χ1n) is 3.49. The summed E-state index contributed by atoms with van der Waals surface area (Å²) in [6.45, 7) is 4.00. The summed E-state index contributed by atoms with van der Waals surface area (Å²) in [5.41, 5.74) is 0. The van der Waals surface area contributed by atoms with E-state index in [1.807, 2.05) is 42.0 Å². The predicted octanol–water partition coefficient (Wildman–Crippen LogP) is 1.07. The lowest BCUT2D eigenvalue weighted by atomic mass is 10.7. The van der Waals surface area contributed by atoms with E-state index in [1.165, 1.54) is 0 Å². The van der Waals surface area contributed by atoms with Crippen molar-refractivity contribution in [2.24, 2.45) is 0 Å². The Balaban J connectivity index is 0. The Hall–Kier alpha value is -0.730. The van der Waals surface area contributed by atoms with Crippen LogP contribution in [0.2, 0.25) is 0 Å². The molecule has 0 aromatic heterocycles. The zero-order valence-corrected chi connectivity index (χ0v) is 7.89. The van der Waals surface area contributed by atoms with Crippen LogP contribution in [0.15, 0.2) is 0 Å². The molecule has 0 aliphatic rings. The summed E-state index contributed by atoms with van der Waals surface area (Å²) in [4.78, 5) is 3.50. The van der Waals surface area contributed by atoms with E-state index in [1.54, 1.807) is 9.80 Å². The third-order valence-corrected chi connectivity index (χ3v) is 0.847. The van der Waals surface area contributed by atoms with Crippen LogP contribution in [0.3, 0.4) is 0 Å². The van der Waals surface area contributed by atoms with Gasteiger partial charge in [-0.3, -0.25) is 5.41 Å². The molecule has 0 aliphatic heterocycles. The predicted molar refractivity (Wildman–Crippen MR) is 46.4 cm³/mol. The minimum absolute atomic E-state index is 0.519. The fourth-order valence-corrected chi connectivity index (χ4v) is 0.400. The van der Waals surface area contributed by atoms with E-state index >= 15 is 0 Å². The van der Waals surface area contributed by atoms with E-state index < -0.39 is 0 Å². The topological polar surface area (TPSA) is 30.3 Å². The van der Waals surface area contributed by atoms with Gasteiger partial charge in [-0.2, -0.15) is 0 Å². The van der Waals surface area contributed by atoms with Crippen LogP contribution in [0.4, 0.5) is 0 Å². The van der Waals surface area contributed by atoms with E-state index in [-0.39, 0.29) is 0 Å². The number of nitrogens with zero attached hydrogens (tertiary/aromatic N) is 2. The lowest BCUT2D eigenvalue weighted by Gasteiger charge is -2.19. The van der Waals surface area contributed by atoms with Crippen molar-refractivity contribution in [2.45, 2.75) is 13.8 Å². The lowest BCUT2D eigenvalue weighted by molar-refractivity contribution is 0.478. The third-order valence-electron chi connectivity index (χ3n) is 0.847. The van der Waals surface area contributed by atoms with Gasteiger partial charge in [0.05, 0.1) is 0 Å². The second-order valence-electron chi connectivity index (χ2n) is 2.11. The monoisotopic (exact) mass is 145 g/mol. The van der Waals surface area contributed by atoms with Crippen LogP contribution in [0.25, 0.3) is 0 Å². The van der Waals surface area contributed by atoms with Crippen molar-refractivity contribution in [3.8, 4) is 0 Å². The Morgan fingerprint density at radius 3 is 1.10 bits per heavy atom. The van der Waals surface area contributed by atoms with Gasteiger partial charge >= 0.3 is 0 Å². The average Bonchev–Trinajstić information content (AvgIpc) is 1.90. The molecule has 0 saturated heterocycles. The minimum atomic E-state index is 0.519. The fraction of sp³-hybridized carbons (Fsp3) is 0.857. The van der Waals surface area contributed by atoms with Gasteiger partial charge in [-0.15, -0.1) is 0 Å². The van der Waals surface area contributed by atoms with Crippen molar-refractivity contribution in [3.05, 3.63) is 0 Å². The van der Waals surface area contributed by atoms with Gasteiger partial charge in [-0.1, -0.05) is 13.8 Å². The van der Waals surface area contributed by atoms with Crippen LogP contribution in [-0.4, -0.2) is 44.0 Å². The van der Waals surface area contributed by atoms with E-state index in [0.29, 0.717) is 5.96 Å². The van der Waals surface area contributed by atoms with Crippen LogP contribution >= 0.6 is 0 Å². The van der Waals surface area contributed by atoms with Crippen molar-refractivity contribution in [2.75, 3.05) is 28.2 Å². The lowest BCUT2D eigenvalue weighted by Crippen LogP contribution is -2.34. The maximum atomic E-state index is 7.25. The molecule has 3 nitrogen and oxygen atoms in total. The molecule has 0 heterocycles. The van der Waals surface area contributed by atoms with Crippen molar-refractivity contribution in [1.29, 1.82) is 5.41 Å². The van der Waals surface area contributed by atoms with Crippen LogP contribution in [0.1, 0.15) is 13.8 Å². The van der Waals surface area contributed by atoms with Crippen LogP contribution in [-0.2, 0) is 0 Å². The molecule has 0 bridgehead atoms. The maximum Gasteiger partial charge on any atom is 0.192 e. The van der Waals surface area contributed by atoms with Crippen LogP contribution in [0.5, 0.6) is 0 Å². The molecule has 0 saturated carbocycles. The molecule has 1 N–H and O–H groups in total. The van der Waals surface area contributed by atoms with Gasteiger partial charge in [0.25, 0.3) is 0 Å². The first-order chi connectivity index (χ1) is 4.55. The molecule has 0 aliphatic carbocycles. The molecule has 0 amide bonds. The molecule has 0 spiro atoms. The van der Waals surface area contributed by atoms with Gasteiger partial charge in [0.15, 0.2) is 5.96 Å². The van der Waals surface area contributed by atoms with Crippen molar-refractivity contribution in [3.63, 3.8) is 0 Å². The molecule has 0 fully saturated rings. The van der Waals surface area contributed by atoms with Crippen molar-refractivity contribution < 1.29 is 0 Å². The summed E-state index contributed by atoms with van der Waals surface area (Å²) >= 11 is 0. The first kappa shape index (κ1) is 12.0. The van der Waals surface area contributed by atoms with E-state index in [9.17, 15) is 0 Å². The molecule has 0 aromatic rings. The zero-order valence-electron chi connectivity index (χ0n) is 7.89. The molecule has 0 atom stereocenters. The van der Waals surface area contributed by atoms with Crippen molar-refractivity contribution >= 4 is 5.96 Å². The molecule has 10 heavy (non-hydrogen) atoms. The van der Waals surface area contributed by atoms with Crippen molar-refractivity contribution in [1.82, 2.24) is 9.80 Å². The third kappa shape index (κ3) is 5.41. The smallest absolute Gasteiger partial charge is 0.192 e. The van der Waals surface area contributed by atoms with E-state index in [4.69, 9.17) is 5.41 Å². The highest BCUT2D eigenvalue weighted by molar-refractivity contribution is 5.75. The normalized spacial score (nSPS) is 7.40. The maximum absolute atomic E-state index is 7.25. The molecular weight excluding hydrogens is 126 g/mol. The molecule has 0 rings (SSSR count). The van der Waals surface area contributed by atoms with Crippen LogP contribution in [0, 0.1) is 5.41 Å². The zero-order chi connectivity index (χ0) is 8.73. The Kier molecular flexibility index (Phi) is 7.67. The first-order valence-corrected chi connectivity index (χ1v) is 3.49. The molecule has 0 unspecified atom stereocenters. The van der Waals surface area contributed by atoms with Gasteiger partial charge in [-0.05, 0) is 0 Å². The molecule has 62 valence electrons. The highest BCUT2D eigenvalue weighted by Gasteiger charge is 1.97. The Labute approximate surface area is 64.1 Å². The average molecular weight is 145 g/mol. The molecule has 3 heteroatoms. The number of rotatable bonds is 0. The van der Waals surface area contributed by atoms with Gasteiger partial charge in [0.2, 0.25) is 0 Å². The van der Waals surface area contributed by atoms with Gasteiger partial charge in [-0.25, -0.2) is 0 Å². The number of hydrogen-bond acceptors (Lipinski definition) is 1. The Bertz CT molecular complexity index is 76.9. The number of guanidine groups is 1. The summed E-state index contributed by atoms with van der Waals surface area (Å²) in [7, 11) is 7.40. The summed E-state index contributed by atoms with van der Waals surface area (Å²) in [6, 6.07) is 0. The largest absolute Gasteiger partial charge is 0.349 e. The quantitative estimate of drug-likeness (QED) is 0.408. The standard InChI is InChI=1S/C5H13N3.C2H6/c1-7(2)5(6)8(3)4;1-2/h6H,1-4H3;1-2H3. The number of nitrogens with one attached hydrogen (secondary N) is 1. The summed E-state index contributed by atoms with van der Waals surface area (Å²) < 4.78 is 0. The molecule has 0 aromatic carbocycles. The summed E-state index contributed by atoms with van der Waals surface area (Å²) in [5, 5.41) is 7.25. The second kappa shape index (κ2) is 6.39. The SMILES string of the molecule is CC.CN(C)C(=N)N(C)C. The Morgan fingerprint density at radius 1 is 0.900 bits per heavy atom. The number of hydrogen-bond donors (Lipinski definition) is 1. The van der Waals surface area contributed by atoms with E-state index in [0.717, 1.165) is 0 Å². The molecular formula is C7H19N3. The fourth-order valence-electron chi connectivity index (χ4n) is 0.400. The highest BCUT2D eigenvalue weighted by atomic mass is 15.3. The van der Waals surface area contributed by atoms with Gasteiger partial charge in [0.1, 0.15) is 0 Å². The van der Waals surface area contributed by atoms with Gasteiger partial charge < -0.3 is 9.80 Å². The summed E-state index contributed by atoms with van der Waals surface area (Å²) in [6.07, 6.45) is 0. The Morgan fingerprint density at radius 2 is 1.10 bits per heavy atom. The van der Waals surface area contributed by atoms with Crippen LogP contribution < -0.4 is 0 Å².